The maximum atomic E-state index is 13.4. The second-order valence-electron chi connectivity index (χ2n) is 10.6. The molecule has 1 aromatic carbocycles. The highest BCUT2D eigenvalue weighted by Crippen LogP contribution is 2.29. The molecule has 0 aliphatic heterocycles. The third kappa shape index (κ3) is 5.68. The van der Waals surface area contributed by atoms with Gasteiger partial charge in [0.25, 0.3) is 11.4 Å². The SMILES string of the molecule is Cc1ccc(C(C)(C)c2nnc(C(=O)[C@H](NC(=O)Cn3c(-c4ccccc4)nc(C)c(N)c3=O)C(C)C)o2)nc1. The van der Waals surface area contributed by atoms with Crippen LogP contribution in [0, 0.1) is 19.8 Å². The molecule has 1 atom stereocenters. The summed E-state index contributed by atoms with van der Waals surface area (Å²) in [6, 6.07) is 11.8. The van der Waals surface area contributed by atoms with Crippen molar-refractivity contribution in [1.82, 2.24) is 30.0 Å². The molecule has 11 nitrogen and oxygen atoms in total. The second kappa shape index (κ2) is 11.2. The van der Waals surface area contributed by atoms with Gasteiger partial charge in [0, 0.05) is 11.8 Å². The molecule has 0 aliphatic rings. The van der Waals surface area contributed by atoms with Gasteiger partial charge in [-0.15, -0.1) is 10.2 Å². The predicted molar refractivity (Wildman–Crippen MR) is 150 cm³/mol. The number of carbonyl (C=O) groups excluding carboxylic acids is 2. The van der Waals surface area contributed by atoms with Gasteiger partial charge in [0.1, 0.15) is 18.1 Å². The first-order valence-electron chi connectivity index (χ1n) is 12.9. The summed E-state index contributed by atoms with van der Waals surface area (Å²) in [5.74, 6) is -1.12. The highest BCUT2D eigenvalue weighted by atomic mass is 16.4. The number of rotatable bonds is 9. The Morgan fingerprint density at radius 1 is 1.07 bits per heavy atom. The molecule has 3 heterocycles. The minimum atomic E-state index is -0.979. The van der Waals surface area contributed by atoms with Crippen molar-refractivity contribution in [2.45, 2.75) is 59.5 Å². The number of benzene rings is 1. The van der Waals surface area contributed by atoms with Crippen LogP contribution in [-0.2, 0) is 16.8 Å². The average molecular weight is 544 g/mol. The van der Waals surface area contributed by atoms with Crippen LogP contribution >= 0.6 is 0 Å². The molecule has 0 spiro atoms. The summed E-state index contributed by atoms with van der Waals surface area (Å²) in [7, 11) is 0. The number of carbonyl (C=O) groups is 2. The largest absolute Gasteiger partial charge is 0.417 e. The van der Waals surface area contributed by atoms with Gasteiger partial charge in [-0.05, 0) is 45.2 Å². The summed E-state index contributed by atoms with van der Waals surface area (Å²) in [4.78, 5) is 48.6. The molecule has 0 unspecified atom stereocenters. The molecule has 4 aromatic rings. The zero-order valence-electron chi connectivity index (χ0n) is 23.4. The number of hydrogen-bond donors (Lipinski definition) is 2. The Kier molecular flexibility index (Phi) is 7.94. The van der Waals surface area contributed by atoms with Gasteiger partial charge in [0.15, 0.2) is 0 Å². The first kappa shape index (κ1) is 28.3. The van der Waals surface area contributed by atoms with E-state index >= 15 is 0 Å². The summed E-state index contributed by atoms with van der Waals surface area (Å²) in [6.45, 7) is 10.5. The highest BCUT2D eigenvalue weighted by molar-refractivity contribution is 5.98. The predicted octanol–water partition coefficient (Wildman–Crippen LogP) is 3.24. The van der Waals surface area contributed by atoms with E-state index in [1.54, 1.807) is 51.2 Å². The zero-order valence-corrected chi connectivity index (χ0v) is 23.4. The fourth-order valence-electron chi connectivity index (χ4n) is 4.18. The van der Waals surface area contributed by atoms with Crippen LogP contribution in [0.25, 0.3) is 11.4 Å². The molecular weight excluding hydrogens is 510 g/mol. The fourth-order valence-corrected chi connectivity index (χ4v) is 4.18. The number of nitrogens with two attached hydrogens (primary N) is 1. The first-order chi connectivity index (χ1) is 18.9. The summed E-state index contributed by atoms with van der Waals surface area (Å²) in [6.07, 6.45) is 1.75. The Morgan fingerprint density at radius 2 is 1.77 bits per heavy atom. The molecule has 0 aliphatic carbocycles. The van der Waals surface area contributed by atoms with Crippen LogP contribution < -0.4 is 16.6 Å². The number of amides is 1. The van der Waals surface area contributed by atoms with Crippen molar-refractivity contribution in [3.05, 3.63) is 87.7 Å². The van der Waals surface area contributed by atoms with Gasteiger partial charge in [-0.1, -0.05) is 50.2 Å². The quantitative estimate of drug-likeness (QED) is 0.302. The Bertz CT molecular complexity index is 1590. The molecule has 11 heteroatoms. The van der Waals surface area contributed by atoms with E-state index in [1.165, 1.54) is 4.57 Å². The summed E-state index contributed by atoms with van der Waals surface area (Å²) in [5.41, 5.74) is 7.36. The molecule has 4 rings (SSSR count). The Morgan fingerprint density at radius 3 is 2.40 bits per heavy atom. The third-order valence-electron chi connectivity index (χ3n) is 6.72. The van der Waals surface area contributed by atoms with Crippen LogP contribution in [-0.4, -0.2) is 42.5 Å². The Labute approximate surface area is 231 Å². The molecular formula is C29H33N7O4. The number of nitrogen functional groups attached to an aromatic ring is 1. The summed E-state index contributed by atoms with van der Waals surface area (Å²) in [5, 5.41) is 10.8. The van der Waals surface area contributed by atoms with Crippen LogP contribution in [0.15, 0.2) is 57.9 Å². The molecule has 208 valence electrons. The van der Waals surface area contributed by atoms with E-state index in [0.717, 1.165) is 5.56 Å². The van der Waals surface area contributed by atoms with Gasteiger partial charge in [0.2, 0.25) is 17.6 Å². The lowest BCUT2D eigenvalue weighted by Crippen LogP contribution is -2.46. The fraction of sp³-hybridized carbons (Fsp3) is 0.345. The number of ketones is 1. The lowest BCUT2D eigenvalue weighted by molar-refractivity contribution is -0.122. The Balaban J connectivity index is 1.58. The van der Waals surface area contributed by atoms with Crippen molar-refractivity contribution in [1.29, 1.82) is 0 Å². The van der Waals surface area contributed by atoms with E-state index in [2.05, 4.69) is 25.5 Å². The normalized spacial score (nSPS) is 12.4. The second-order valence-corrected chi connectivity index (χ2v) is 10.6. The van der Waals surface area contributed by atoms with E-state index in [1.807, 2.05) is 39.0 Å². The smallest absolute Gasteiger partial charge is 0.286 e. The van der Waals surface area contributed by atoms with Crippen molar-refractivity contribution in [3.63, 3.8) is 0 Å². The number of nitrogens with zero attached hydrogens (tertiary/aromatic N) is 5. The van der Waals surface area contributed by atoms with Crippen LogP contribution in [0.5, 0.6) is 0 Å². The van der Waals surface area contributed by atoms with Crippen LogP contribution in [0.1, 0.15) is 61.2 Å². The van der Waals surface area contributed by atoms with Crippen LogP contribution in [0.2, 0.25) is 0 Å². The van der Waals surface area contributed by atoms with Gasteiger partial charge in [-0.2, -0.15) is 0 Å². The summed E-state index contributed by atoms with van der Waals surface area (Å²) >= 11 is 0. The van der Waals surface area contributed by atoms with Crippen LogP contribution in [0.3, 0.4) is 0 Å². The van der Waals surface area contributed by atoms with Crippen molar-refractivity contribution in [2.75, 3.05) is 5.73 Å². The third-order valence-corrected chi connectivity index (χ3v) is 6.72. The number of Topliss-reactive ketones (excluding diaryl/α,β-unsaturated/α-hetero) is 1. The molecule has 0 saturated carbocycles. The molecule has 1 amide bonds. The molecule has 40 heavy (non-hydrogen) atoms. The minimum Gasteiger partial charge on any atom is -0.417 e. The van der Waals surface area contributed by atoms with Crippen LogP contribution in [0.4, 0.5) is 5.69 Å². The average Bonchev–Trinajstić information content (AvgIpc) is 3.44. The number of anilines is 1. The van der Waals surface area contributed by atoms with Crippen molar-refractivity contribution in [2.24, 2.45) is 5.92 Å². The number of pyridine rings is 1. The van der Waals surface area contributed by atoms with Crippen molar-refractivity contribution in [3.8, 4) is 11.4 Å². The van der Waals surface area contributed by atoms with Gasteiger partial charge in [0.05, 0.1) is 22.8 Å². The van der Waals surface area contributed by atoms with Gasteiger partial charge < -0.3 is 15.5 Å². The highest BCUT2D eigenvalue weighted by Gasteiger charge is 2.35. The number of hydrogen-bond acceptors (Lipinski definition) is 9. The first-order valence-corrected chi connectivity index (χ1v) is 12.9. The summed E-state index contributed by atoms with van der Waals surface area (Å²) < 4.78 is 7.01. The van der Waals surface area contributed by atoms with E-state index in [9.17, 15) is 14.4 Å². The maximum Gasteiger partial charge on any atom is 0.286 e. The molecule has 3 N–H and O–H groups in total. The maximum absolute atomic E-state index is 13.4. The van der Waals surface area contributed by atoms with E-state index in [-0.39, 0.29) is 23.4 Å². The Hall–Kier alpha value is -4.67. The zero-order chi connectivity index (χ0) is 29.2. The van der Waals surface area contributed by atoms with Crippen molar-refractivity contribution < 1.29 is 14.0 Å². The lowest BCUT2D eigenvalue weighted by Gasteiger charge is -2.21. The number of aryl methyl sites for hydroxylation is 2. The lowest BCUT2D eigenvalue weighted by atomic mass is 9.88. The van der Waals surface area contributed by atoms with E-state index in [0.29, 0.717) is 22.8 Å². The monoisotopic (exact) mass is 543 g/mol. The van der Waals surface area contributed by atoms with E-state index in [4.69, 9.17) is 10.2 Å². The molecule has 0 fully saturated rings. The number of aromatic nitrogens is 5. The van der Waals surface area contributed by atoms with Gasteiger partial charge in [-0.25, -0.2) is 4.98 Å². The minimum absolute atomic E-state index is 0.0481. The van der Waals surface area contributed by atoms with Crippen molar-refractivity contribution >= 4 is 17.4 Å². The van der Waals surface area contributed by atoms with E-state index < -0.39 is 35.3 Å². The number of nitrogens with one attached hydrogen (secondary N) is 1. The molecule has 3 aromatic heterocycles. The molecule has 0 bridgehead atoms. The topological polar surface area (TPSA) is 159 Å². The molecule has 0 saturated heterocycles. The molecule has 0 radical (unpaired) electrons. The van der Waals surface area contributed by atoms with Gasteiger partial charge >= 0.3 is 0 Å². The standard InChI is InChI=1S/C29H33N7O4/c1-16(2)23(24(38)26-34-35-28(40-26)29(5,6)20-13-12-17(3)14-31-20)33-21(37)15-36-25(19-10-8-7-9-11-19)32-18(4)22(30)27(36)39/h7-14,16,23H,15,30H2,1-6H3,(H,33,37)/t23-/m1/s1. The van der Waals surface area contributed by atoms with Gasteiger partial charge in [-0.3, -0.25) is 23.9 Å².